The predicted octanol–water partition coefficient (Wildman–Crippen LogP) is 5.51. The van der Waals surface area contributed by atoms with E-state index in [1.165, 1.54) is 4.90 Å². The van der Waals surface area contributed by atoms with Crippen LogP contribution in [0.4, 0.5) is 4.79 Å². The Balaban J connectivity index is 1.28. The summed E-state index contributed by atoms with van der Waals surface area (Å²) >= 11 is 0. The lowest BCUT2D eigenvalue weighted by Gasteiger charge is -2.25. The highest BCUT2D eigenvalue weighted by molar-refractivity contribution is 5.86. The van der Waals surface area contributed by atoms with Crippen molar-refractivity contribution in [1.29, 1.82) is 0 Å². The second-order valence-corrected chi connectivity index (χ2v) is 12.3. The first-order chi connectivity index (χ1) is 24.2. The quantitative estimate of drug-likeness (QED) is 0.112. The van der Waals surface area contributed by atoms with Crippen LogP contribution in [0.25, 0.3) is 11.1 Å². The Morgan fingerprint density at radius 2 is 1.56 bits per heavy atom. The molecule has 0 saturated heterocycles. The fourth-order valence-electron chi connectivity index (χ4n) is 6.07. The normalized spacial score (nSPS) is 13.5. The molecule has 10 heteroatoms. The molecule has 0 aromatic heterocycles. The van der Waals surface area contributed by atoms with Gasteiger partial charge in [-0.3, -0.25) is 9.59 Å². The fraction of sp³-hybridized carbons (Fsp3) is 0.350. The molecular weight excluding hydrogens is 634 g/mol. The third-order valence-electron chi connectivity index (χ3n) is 8.64. The Morgan fingerprint density at radius 3 is 2.18 bits per heavy atom. The molecule has 0 unspecified atom stereocenters. The molecule has 50 heavy (non-hydrogen) atoms. The molecule has 0 saturated carbocycles. The molecule has 3 atom stereocenters. The lowest BCUT2D eigenvalue weighted by atomic mass is 9.98. The zero-order valence-electron chi connectivity index (χ0n) is 28.6. The molecule has 3 aromatic rings. The van der Waals surface area contributed by atoms with Gasteiger partial charge in [-0.15, -0.1) is 13.2 Å². The van der Waals surface area contributed by atoms with E-state index in [1.54, 1.807) is 19.1 Å². The standard InChI is InChI=1S/C40H47N3O7/c1-4-6-21-36(42-40(48)49-27-35-33-19-12-10-17-31(33)32-18-11-13-20-34(32)35)39(47)50-28(3)25-41-38(46)30(14-5-2)24-37(45)43(22-23-44)26-29-15-8-7-9-16-29/h4-5,7-13,15-20,28,30,35-36,44H,1-2,6,14,21-27H2,3H3,(H,41,46)(H,42,48)/t28-,30+,36-/m0/s1. The molecule has 3 aromatic carbocycles. The van der Waals surface area contributed by atoms with Crippen molar-refractivity contribution in [2.45, 2.75) is 57.2 Å². The van der Waals surface area contributed by atoms with Crippen molar-refractivity contribution < 1.29 is 33.8 Å². The summed E-state index contributed by atoms with van der Waals surface area (Å²) in [7, 11) is 0. The zero-order chi connectivity index (χ0) is 35.9. The number of amides is 3. The first-order valence-corrected chi connectivity index (χ1v) is 17.0. The lowest BCUT2D eigenvalue weighted by molar-refractivity contribution is -0.151. The smallest absolute Gasteiger partial charge is 0.407 e. The summed E-state index contributed by atoms with van der Waals surface area (Å²) in [5, 5.41) is 15.0. The number of benzene rings is 3. The van der Waals surface area contributed by atoms with Crippen LogP contribution in [-0.4, -0.2) is 72.3 Å². The summed E-state index contributed by atoms with van der Waals surface area (Å²) in [5.74, 6) is -2.15. The van der Waals surface area contributed by atoms with Gasteiger partial charge in [0.1, 0.15) is 18.8 Å². The molecule has 1 aliphatic carbocycles. The van der Waals surface area contributed by atoms with Gasteiger partial charge in [0.2, 0.25) is 11.8 Å². The van der Waals surface area contributed by atoms with Crippen molar-refractivity contribution in [2.24, 2.45) is 5.92 Å². The Kier molecular flexibility index (Phi) is 14.4. The largest absolute Gasteiger partial charge is 0.459 e. The maximum Gasteiger partial charge on any atom is 0.407 e. The predicted molar refractivity (Wildman–Crippen MR) is 192 cm³/mol. The van der Waals surface area contributed by atoms with E-state index in [4.69, 9.17) is 9.47 Å². The molecule has 0 radical (unpaired) electrons. The first-order valence-electron chi connectivity index (χ1n) is 17.0. The van der Waals surface area contributed by atoms with Gasteiger partial charge in [0, 0.05) is 25.4 Å². The molecular formula is C40H47N3O7. The minimum absolute atomic E-state index is 0.00407. The van der Waals surface area contributed by atoms with E-state index >= 15 is 0 Å². The van der Waals surface area contributed by atoms with Gasteiger partial charge < -0.3 is 30.1 Å². The summed E-state index contributed by atoms with van der Waals surface area (Å²) < 4.78 is 11.2. The fourth-order valence-corrected chi connectivity index (χ4v) is 6.07. The highest BCUT2D eigenvalue weighted by Gasteiger charge is 2.31. The number of nitrogens with one attached hydrogen (secondary N) is 2. The van der Waals surface area contributed by atoms with Crippen molar-refractivity contribution in [1.82, 2.24) is 15.5 Å². The monoisotopic (exact) mass is 681 g/mol. The maximum absolute atomic E-state index is 13.2. The summed E-state index contributed by atoms with van der Waals surface area (Å²) in [5.41, 5.74) is 5.29. The van der Waals surface area contributed by atoms with E-state index < -0.39 is 30.1 Å². The van der Waals surface area contributed by atoms with Crippen LogP contribution in [0.3, 0.4) is 0 Å². The van der Waals surface area contributed by atoms with Crippen molar-refractivity contribution in [3.8, 4) is 11.1 Å². The SMILES string of the molecule is C=CCC[C@H](NC(=O)OCC1c2ccccc2-c2ccccc21)C(=O)O[C@@H](C)CNC(=O)[C@H](CC=C)CC(=O)N(CCO)Cc1ccccc1. The summed E-state index contributed by atoms with van der Waals surface area (Å²) in [6.45, 7) is 9.42. The number of hydrogen-bond acceptors (Lipinski definition) is 7. The lowest BCUT2D eigenvalue weighted by Crippen LogP contribution is -2.45. The number of esters is 1. The summed E-state index contributed by atoms with van der Waals surface area (Å²) in [6, 6.07) is 24.5. The number of nitrogens with zero attached hydrogens (tertiary/aromatic N) is 1. The number of rotatable bonds is 19. The second-order valence-electron chi connectivity index (χ2n) is 12.3. The first kappa shape index (κ1) is 37.6. The van der Waals surface area contributed by atoms with Gasteiger partial charge >= 0.3 is 12.1 Å². The van der Waals surface area contributed by atoms with Crippen LogP contribution < -0.4 is 10.6 Å². The molecule has 10 nitrogen and oxygen atoms in total. The van der Waals surface area contributed by atoms with Gasteiger partial charge in [0.05, 0.1) is 19.1 Å². The number of aliphatic hydroxyl groups is 1. The number of fused-ring (bicyclic) bond motifs is 3. The number of hydrogen-bond donors (Lipinski definition) is 3. The Bertz CT molecular complexity index is 1580. The van der Waals surface area contributed by atoms with Crippen LogP contribution in [-0.2, 0) is 30.4 Å². The van der Waals surface area contributed by atoms with Crippen LogP contribution in [0, 0.1) is 5.92 Å². The molecule has 0 spiro atoms. The van der Waals surface area contributed by atoms with Crippen LogP contribution in [0.2, 0.25) is 0 Å². The highest BCUT2D eigenvalue weighted by Crippen LogP contribution is 2.44. The van der Waals surface area contributed by atoms with Gasteiger partial charge in [-0.2, -0.15) is 0 Å². The second kappa shape index (κ2) is 19.1. The number of allylic oxidation sites excluding steroid dienone is 2. The van der Waals surface area contributed by atoms with Crippen LogP contribution in [0.1, 0.15) is 55.2 Å². The van der Waals surface area contributed by atoms with E-state index in [2.05, 4.69) is 35.9 Å². The Labute approximate surface area is 294 Å². The molecule has 3 N–H and O–H groups in total. The molecule has 0 aliphatic heterocycles. The van der Waals surface area contributed by atoms with Crippen LogP contribution in [0.5, 0.6) is 0 Å². The highest BCUT2D eigenvalue weighted by atomic mass is 16.6. The summed E-state index contributed by atoms with van der Waals surface area (Å²) in [4.78, 5) is 54.0. The summed E-state index contributed by atoms with van der Waals surface area (Å²) in [6.07, 6.45) is 2.64. The average Bonchev–Trinajstić information content (AvgIpc) is 3.44. The Morgan fingerprint density at radius 1 is 0.920 bits per heavy atom. The van der Waals surface area contributed by atoms with Gasteiger partial charge in [-0.1, -0.05) is 91.0 Å². The Hall–Kier alpha value is -5.22. The van der Waals surface area contributed by atoms with Crippen molar-refractivity contribution in [2.75, 3.05) is 26.3 Å². The third-order valence-corrected chi connectivity index (χ3v) is 8.64. The minimum atomic E-state index is -0.991. The van der Waals surface area contributed by atoms with E-state index in [0.29, 0.717) is 13.0 Å². The molecule has 1 aliphatic rings. The van der Waals surface area contributed by atoms with E-state index in [1.807, 2.05) is 66.7 Å². The van der Waals surface area contributed by atoms with Crippen molar-refractivity contribution in [3.05, 3.63) is 121 Å². The molecule has 264 valence electrons. The number of carbonyl (C=O) groups excluding carboxylic acids is 4. The molecule has 0 bridgehead atoms. The van der Waals surface area contributed by atoms with Gasteiger partial charge in [-0.05, 0) is 54.0 Å². The van der Waals surface area contributed by atoms with Gasteiger partial charge in [0.25, 0.3) is 0 Å². The third kappa shape index (κ3) is 10.4. The maximum atomic E-state index is 13.2. The van der Waals surface area contributed by atoms with E-state index in [9.17, 15) is 24.3 Å². The van der Waals surface area contributed by atoms with E-state index in [0.717, 1.165) is 27.8 Å². The zero-order valence-corrected chi connectivity index (χ0v) is 28.6. The topological polar surface area (TPSA) is 134 Å². The van der Waals surface area contributed by atoms with Crippen LogP contribution >= 0.6 is 0 Å². The molecule has 0 fully saturated rings. The average molecular weight is 682 g/mol. The number of aliphatic hydroxyl groups excluding tert-OH is 1. The molecule has 3 amide bonds. The van der Waals surface area contributed by atoms with Gasteiger partial charge in [-0.25, -0.2) is 9.59 Å². The molecule has 0 heterocycles. The number of carbonyl (C=O) groups is 4. The van der Waals surface area contributed by atoms with Crippen molar-refractivity contribution >= 4 is 23.9 Å². The number of alkyl carbamates (subject to hydrolysis) is 1. The number of ether oxygens (including phenoxy) is 2. The molecule has 4 rings (SSSR count). The van der Waals surface area contributed by atoms with Crippen LogP contribution in [0.15, 0.2) is 104 Å². The van der Waals surface area contributed by atoms with E-state index in [-0.39, 0.29) is 63.3 Å². The van der Waals surface area contributed by atoms with Crippen molar-refractivity contribution in [3.63, 3.8) is 0 Å². The minimum Gasteiger partial charge on any atom is -0.459 e. The van der Waals surface area contributed by atoms with Gasteiger partial charge in [0.15, 0.2) is 0 Å².